The van der Waals surface area contributed by atoms with Crippen LogP contribution in [0.25, 0.3) is 0 Å². The quantitative estimate of drug-likeness (QED) is 0.506. The Morgan fingerprint density at radius 2 is 1.22 bits per heavy atom. The number of hydrogen-bond acceptors (Lipinski definition) is 5. The number of aryl methyl sites for hydroxylation is 2. The maximum absolute atomic E-state index is 4.11. The molecule has 7 nitrogen and oxygen atoms in total. The summed E-state index contributed by atoms with van der Waals surface area (Å²) in [4.78, 5) is 8.21. The van der Waals surface area contributed by atoms with Crippen LogP contribution in [0.5, 0.6) is 0 Å². The van der Waals surface area contributed by atoms with Crippen LogP contribution in [-0.4, -0.2) is 45.3 Å². The number of hydrogen-bond donors (Lipinski definition) is 3. The molecule has 0 aliphatic carbocycles. The van der Waals surface area contributed by atoms with Crippen molar-refractivity contribution in [3.63, 3.8) is 0 Å². The van der Waals surface area contributed by atoms with Crippen molar-refractivity contribution < 1.29 is 0 Å². The number of aromatic nitrogens is 4. The Kier molecular flexibility index (Phi) is 7.79. The SMILES string of the molecule is Cc1cncn1CNCCCCNCCNCn1cncc1C. The minimum atomic E-state index is 0.825. The van der Waals surface area contributed by atoms with Crippen LogP contribution in [0.2, 0.25) is 0 Å². The van der Waals surface area contributed by atoms with E-state index < -0.39 is 0 Å². The van der Waals surface area contributed by atoms with Crippen LogP contribution in [0.3, 0.4) is 0 Å². The van der Waals surface area contributed by atoms with Crippen LogP contribution < -0.4 is 16.0 Å². The normalized spacial score (nSPS) is 11.2. The highest BCUT2D eigenvalue weighted by molar-refractivity contribution is 4.94. The highest BCUT2D eigenvalue weighted by Gasteiger charge is 1.96. The smallest absolute Gasteiger partial charge is 0.0959 e. The minimum absolute atomic E-state index is 0.825. The second kappa shape index (κ2) is 10.1. The maximum Gasteiger partial charge on any atom is 0.0959 e. The van der Waals surface area contributed by atoms with Gasteiger partial charge in [-0.15, -0.1) is 0 Å². The molecular weight excluding hydrogens is 290 g/mol. The van der Waals surface area contributed by atoms with Crippen molar-refractivity contribution in [3.05, 3.63) is 36.4 Å². The molecule has 2 heterocycles. The van der Waals surface area contributed by atoms with Crippen LogP contribution in [0.4, 0.5) is 0 Å². The third-order valence-corrected chi connectivity index (χ3v) is 3.84. The van der Waals surface area contributed by atoms with E-state index in [9.17, 15) is 0 Å². The summed E-state index contributed by atoms with van der Waals surface area (Å²) in [6.07, 6.45) is 9.85. The fourth-order valence-corrected chi connectivity index (χ4v) is 2.31. The van der Waals surface area contributed by atoms with Crippen molar-refractivity contribution in [3.8, 4) is 0 Å². The summed E-state index contributed by atoms with van der Waals surface area (Å²) in [5.41, 5.74) is 2.38. The lowest BCUT2D eigenvalue weighted by Gasteiger charge is -2.09. The Morgan fingerprint density at radius 3 is 1.74 bits per heavy atom. The second-order valence-electron chi connectivity index (χ2n) is 5.78. The van der Waals surface area contributed by atoms with Crippen LogP contribution in [0, 0.1) is 13.8 Å². The summed E-state index contributed by atoms with van der Waals surface area (Å²) >= 11 is 0. The van der Waals surface area contributed by atoms with Crippen LogP contribution in [0.1, 0.15) is 24.2 Å². The summed E-state index contributed by atoms with van der Waals surface area (Å²) in [6, 6.07) is 0. The van der Waals surface area contributed by atoms with Gasteiger partial charge >= 0.3 is 0 Å². The number of nitrogens with one attached hydrogen (secondary N) is 3. The van der Waals surface area contributed by atoms with E-state index in [0.29, 0.717) is 0 Å². The molecule has 0 unspecified atom stereocenters. The molecule has 3 N–H and O–H groups in total. The van der Waals surface area contributed by atoms with E-state index in [0.717, 1.165) is 39.5 Å². The predicted molar refractivity (Wildman–Crippen MR) is 92.0 cm³/mol. The van der Waals surface area contributed by atoms with Gasteiger partial charge in [-0.3, -0.25) is 10.6 Å². The van der Waals surface area contributed by atoms with Crippen LogP contribution in [-0.2, 0) is 13.3 Å². The fraction of sp³-hybridized carbons (Fsp3) is 0.625. The van der Waals surface area contributed by atoms with Gasteiger partial charge in [-0.25, -0.2) is 9.97 Å². The Morgan fingerprint density at radius 1 is 0.739 bits per heavy atom. The topological polar surface area (TPSA) is 71.7 Å². The van der Waals surface area contributed by atoms with Crippen molar-refractivity contribution in [2.24, 2.45) is 0 Å². The van der Waals surface area contributed by atoms with E-state index >= 15 is 0 Å². The molecule has 0 radical (unpaired) electrons. The molecule has 0 aliphatic heterocycles. The summed E-state index contributed by atoms with van der Waals surface area (Å²) in [6.45, 7) is 9.87. The lowest BCUT2D eigenvalue weighted by molar-refractivity contribution is 0.505. The van der Waals surface area contributed by atoms with Gasteiger partial charge in [-0.05, 0) is 39.8 Å². The predicted octanol–water partition coefficient (Wildman–Crippen LogP) is 0.861. The summed E-state index contributed by atoms with van der Waals surface area (Å²) in [7, 11) is 0. The summed E-state index contributed by atoms with van der Waals surface area (Å²) in [5, 5.41) is 10.3. The van der Waals surface area contributed by atoms with Crippen molar-refractivity contribution >= 4 is 0 Å². The Labute approximate surface area is 138 Å². The molecule has 2 rings (SSSR count). The van der Waals surface area contributed by atoms with Crippen molar-refractivity contribution in [1.82, 2.24) is 35.1 Å². The van der Waals surface area contributed by atoms with E-state index in [4.69, 9.17) is 0 Å². The fourth-order valence-electron chi connectivity index (χ4n) is 2.31. The molecule has 2 aromatic rings. The van der Waals surface area contributed by atoms with Gasteiger partial charge in [0.05, 0.1) is 26.0 Å². The lowest BCUT2D eigenvalue weighted by atomic mass is 10.3. The molecular formula is C16H29N7. The molecule has 0 aliphatic rings. The van der Waals surface area contributed by atoms with Crippen LogP contribution >= 0.6 is 0 Å². The zero-order valence-corrected chi connectivity index (χ0v) is 14.3. The molecule has 0 saturated carbocycles. The first-order valence-corrected chi connectivity index (χ1v) is 8.33. The number of imidazole rings is 2. The van der Waals surface area contributed by atoms with E-state index in [1.807, 2.05) is 25.0 Å². The van der Waals surface area contributed by atoms with Gasteiger partial charge < -0.3 is 14.5 Å². The number of nitrogens with zero attached hydrogens (tertiary/aromatic N) is 4. The van der Waals surface area contributed by atoms with E-state index in [-0.39, 0.29) is 0 Å². The van der Waals surface area contributed by atoms with Gasteiger partial charge in [0.2, 0.25) is 0 Å². The van der Waals surface area contributed by atoms with Crippen LogP contribution in [0.15, 0.2) is 25.0 Å². The lowest BCUT2D eigenvalue weighted by Crippen LogP contribution is -2.29. The molecule has 23 heavy (non-hydrogen) atoms. The third kappa shape index (κ3) is 6.52. The zero-order valence-electron chi connectivity index (χ0n) is 14.3. The first kappa shape index (κ1) is 17.7. The number of rotatable bonds is 12. The standard InChI is InChI=1S/C16H29N7/c1-15-9-20-13-22(15)11-18-6-4-3-5-17-7-8-19-12-23-14-21-10-16(23)2/h9-10,13-14,17-19H,3-8,11-12H2,1-2H3. The summed E-state index contributed by atoms with van der Waals surface area (Å²) < 4.78 is 4.22. The monoisotopic (exact) mass is 319 g/mol. The largest absolute Gasteiger partial charge is 0.322 e. The van der Waals surface area contributed by atoms with E-state index in [1.165, 1.54) is 24.2 Å². The number of unbranched alkanes of at least 4 members (excludes halogenated alkanes) is 1. The van der Waals surface area contributed by atoms with Crippen molar-refractivity contribution in [2.75, 3.05) is 26.2 Å². The molecule has 0 saturated heterocycles. The maximum atomic E-state index is 4.11. The zero-order chi connectivity index (χ0) is 16.3. The molecule has 0 spiro atoms. The first-order chi connectivity index (χ1) is 11.3. The van der Waals surface area contributed by atoms with E-state index in [1.54, 1.807) is 0 Å². The molecule has 128 valence electrons. The summed E-state index contributed by atoms with van der Waals surface area (Å²) in [5.74, 6) is 0. The van der Waals surface area contributed by atoms with Gasteiger partial charge in [-0.2, -0.15) is 0 Å². The third-order valence-electron chi connectivity index (χ3n) is 3.84. The minimum Gasteiger partial charge on any atom is -0.322 e. The van der Waals surface area contributed by atoms with E-state index in [2.05, 4.69) is 48.9 Å². The van der Waals surface area contributed by atoms with Gasteiger partial charge in [-0.1, -0.05) is 0 Å². The van der Waals surface area contributed by atoms with Gasteiger partial charge in [0.1, 0.15) is 0 Å². The second-order valence-corrected chi connectivity index (χ2v) is 5.78. The van der Waals surface area contributed by atoms with Gasteiger partial charge in [0, 0.05) is 36.9 Å². The average molecular weight is 319 g/mol. The molecule has 7 heteroatoms. The Hall–Kier alpha value is -1.70. The Bertz CT molecular complexity index is 498. The van der Waals surface area contributed by atoms with Gasteiger partial charge in [0.15, 0.2) is 0 Å². The highest BCUT2D eigenvalue weighted by Crippen LogP contribution is 1.94. The molecule has 2 aromatic heterocycles. The van der Waals surface area contributed by atoms with Crippen molar-refractivity contribution in [1.29, 1.82) is 0 Å². The van der Waals surface area contributed by atoms with Crippen molar-refractivity contribution in [2.45, 2.75) is 40.0 Å². The Balaban J connectivity index is 1.36. The molecule has 0 bridgehead atoms. The highest BCUT2D eigenvalue weighted by atomic mass is 15.2. The average Bonchev–Trinajstić information content (AvgIpc) is 3.14. The first-order valence-electron chi connectivity index (χ1n) is 8.33. The molecule has 0 aromatic carbocycles. The molecule has 0 atom stereocenters. The van der Waals surface area contributed by atoms with Gasteiger partial charge in [0.25, 0.3) is 0 Å². The molecule has 0 fully saturated rings. The molecule has 0 amide bonds.